The smallest absolute Gasteiger partial charge is 0.305 e. The van der Waals surface area contributed by atoms with Crippen molar-refractivity contribution < 1.29 is 19.0 Å². The minimum atomic E-state index is -0.758. The maximum Gasteiger partial charge on any atom is 0.305 e. The predicted molar refractivity (Wildman–Crippen MR) is 89.8 cm³/mol. The number of ether oxygens (including phenoxy) is 1. The van der Waals surface area contributed by atoms with Gasteiger partial charge in [0.2, 0.25) is 0 Å². The van der Waals surface area contributed by atoms with Crippen LogP contribution in [-0.4, -0.2) is 23.7 Å². The molecule has 2 aromatic rings. The molecule has 126 valence electrons. The van der Waals surface area contributed by atoms with Gasteiger partial charge in [-0.25, -0.2) is 4.39 Å². The second kappa shape index (κ2) is 7.34. The summed E-state index contributed by atoms with van der Waals surface area (Å²) < 4.78 is 18.6. The molecule has 0 amide bonds. The summed E-state index contributed by atoms with van der Waals surface area (Å²) in [6.07, 6.45) is 2.10. The number of carbonyl (C=O) groups is 1. The van der Waals surface area contributed by atoms with Crippen LogP contribution in [0.1, 0.15) is 24.8 Å². The first-order chi connectivity index (χ1) is 11.6. The average Bonchev–Trinajstić information content (AvgIpc) is 3.02. The second-order valence-electron chi connectivity index (χ2n) is 6.00. The van der Waals surface area contributed by atoms with Gasteiger partial charge in [-0.3, -0.25) is 4.79 Å². The SMILES string of the molecule is O=C(O)CC1CCCN1c1ccc(OCc2ccc(F)cc2)cc1. The van der Waals surface area contributed by atoms with Crippen molar-refractivity contribution in [2.45, 2.75) is 31.9 Å². The number of nitrogens with zero attached hydrogens (tertiary/aromatic N) is 1. The molecule has 0 bridgehead atoms. The fraction of sp³-hybridized carbons (Fsp3) is 0.316. The minimum absolute atomic E-state index is 0.0634. The first-order valence-electron chi connectivity index (χ1n) is 8.07. The summed E-state index contributed by atoms with van der Waals surface area (Å²) >= 11 is 0. The van der Waals surface area contributed by atoms with Gasteiger partial charge in [0.05, 0.1) is 6.42 Å². The Kier molecular flexibility index (Phi) is 4.99. The summed E-state index contributed by atoms with van der Waals surface area (Å²) in [5.74, 6) is -0.284. The average molecular weight is 329 g/mol. The lowest BCUT2D eigenvalue weighted by Crippen LogP contribution is -2.31. The van der Waals surface area contributed by atoms with E-state index in [-0.39, 0.29) is 18.3 Å². The van der Waals surface area contributed by atoms with Crippen LogP contribution in [0, 0.1) is 5.82 Å². The highest BCUT2D eigenvalue weighted by atomic mass is 19.1. The molecule has 1 aliphatic heterocycles. The van der Waals surface area contributed by atoms with Crippen molar-refractivity contribution in [2.24, 2.45) is 0 Å². The monoisotopic (exact) mass is 329 g/mol. The van der Waals surface area contributed by atoms with Crippen LogP contribution >= 0.6 is 0 Å². The molecule has 3 rings (SSSR count). The van der Waals surface area contributed by atoms with E-state index < -0.39 is 5.97 Å². The molecule has 0 radical (unpaired) electrons. The van der Waals surface area contributed by atoms with Gasteiger partial charge in [-0.2, -0.15) is 0 Å². The van der Waals surface area contributed by atoms with Crippen molar-refractivity contribution in [2.75, 3.05) is 11.4 Å². The maximum absolute atomic E-state index is 12.9. The van der Waals surface area contributed by atoms with Crippen molar-refractivity contribution in [1.29, 1.82) is 0 Å². The lowest BCUT2D eigenvalue weighted by Gasteiger charge is -2.25. The molecule has 1 N–H and O–H groups in total. The number of halogens is 1. The Morgan fingerprint density at radius 1 is 1.17 bits per heavy atom. The number of rotatable bonds is 6. The Bertz CT molecular complexity index is 685. The Morgan fingerprint density at radius 2 is 1.88 bits per heavy atom. The molecule has 1 fully saturated rings. The zero-order valence-electron chi connectivity index (χ0n) is 13.3. The number of hydrogen-bond acceptors (Lipinski definition) is 3. The molecule has 1 saturated heterocycles. The third-order valence-corrected chi connectivity index (χ3v) is 4.27. The molecular formula is C19H20FNO3. The summed E-state index contributed by atoms with van der Waals surface area (Å²) in [6.45, 7) is 1.26. The van der Waals surface area contributed by atoms with Gasteiger partial charge in [-0.05, 0) is 54.8 Å². The molecule has 5 heteroatoms. The standard InChI is InChI=1S/C19H20FNO3/c20-15-5-3-14(4-6-15)13-24-18-9-7-16(8-10-18)21-11-1-2-17(21)12-19(22)23/h3-10,17H,1-2,11-13H2,(H,22,23). The first kappa shape index (κ1) is 16.3. The molecular weight excluding hydrogens is 309 g/mol. The van der Waals surface area contributed by atoms with Gasteiger partial charge >= 0.3 is 5.97 Å². The summed E-state index contributed by atoms with van der Waals surface area (Å²) in [5.41, 5.74) is 1.93. The number of aliphatic carboxylic acids is 1. The lowest BCUT2D eigenvalue weighted by atomic mass is 10.1. The molecule has 4 nitrogen and oxygen atoms in total. The Balaban J connectivity index is 1.60. The molecule has 1 aliphatic rings. The van der Waals surface area contributed by atoms with E-state index in [1.54, 1.807) is 12.1 Å². The second-order valence-corrected chi connectivity index (χ2v) is 6.00. The molecule has 0 saturated carbocycles. The summed E-state index contributed by atoms with van der Waals surface area (Å²) in [6, 6.07) is 14.0. The summed E-state index contributed by atoms with van der Waals surface area (Å²) in [7, 11) is 0. The van der Waals surface area contributed by atoms with Crippen LogP contribution in [0.15, 0.2) is 48.5 Å². The quantitative estimate of drug-likeness (QED) is 0.874. The molecule has 1 atom stereocenters. The van der Waals surface area contributed by atoms with Crippen LogP contribution in [0.25, 0.3) is 0 Å². The Labute approximate surface area is 140 Å². The minimum Gasteiger partial charge on any atom is -0.489 e. The highest BCUT2D eigenvalue weighted by Crippen LogP contribution is 2.29. The van der Waals surface area contributed by atoms with Crippen molar-refractivity contribution in [3.63, 3.8) is 0 Å². The van der Waals surface area contributed by atoms with Gasteiger partial charge < -0.3 is 14.7 Å². The van der Waals surface area contributed by atoms with Gasteiger partial charge in [0.1, 0.15) is 18.2 Å². The zero-order chi connectivity index (χ0) is 16.9. The predicted octanol–water partition coefficient (Wildman–Crippen LogP) is 3.85. The number of benzene rings is 2. The van der Waals surface area contributed by atoms with Crippen molar-refractivity contribution >= 4 is 11.7 Å². The Hall–Kier alpha value is -2.56. The summed E-state index contributed by atoms with van der Waals surface area (Å²) in [5, 5.41) is 9.01. The van der Waals surface area contributed by atoms with E-state index in [1.807, 2.05) is 24.3 Å². The topological polar surface area (TPSA) is 49.8 Å². The van der Waals surface area contributed by atoms with E-state index in [4.69, 9.17) is 9.84 Å². The molecule has 0 aliphatic carbocycles. The van der Waals surface area contributed by atoms with Crippen LogP contribution in [-0.2, 0) is 11.4 Å². The van der Waals surface area contributed by atoms with E-state index in [1.165, 1.54) is 12.1 Å². The molecule has 0 aromatic heterocycles. The van der Waals surface area contributed by atoms with Crippen LogP contribution in [0.3, 0.4) is 0 Å². The number of carboxylic acids is 1. The Morgan fingerprint density at radius 3 is 2.54 bits per heavy atom. The van der Waals surface area contributed by atoms with Gasteiger partial charge in [0.15, 0.2) is 0 Å². The van der Waals surface area contributed by atoms with Crippen molar-refractivity contribution in [1.82, 2.24) is 0 Å². The highest BCUT2D eigenvalue weighted by molar-refractivity contribution is 5.69. The van der Waals surface area contributed by atoms with Gasteiger partial charge in [-0.1, -0.05) is 12.1 Å². The van der Waals surface area contributed by atoms with Crippen molar-refractivity contribution in [3.8, 4) is 5.75 Å². The maximum atomic E-state index is 12.9. The summed E-state index contributed by atoms with van der Waals surface area (Å²) in [4.78, 5) is 13.1. The van der Waals surface area contributed by atoms with Crippen LogP contribution in [0.4, 0.5) is 10.1 Å². The first-order valence-corrected chi connectivity index (χ1v) is 8.07. The molecule has 24 heavy (non-hydrogen) atoms. The van der Waals surface area contributed by atoms with E-state index in [0.717, 1.165) is 36.4 Å². The van der Waals surface area contributed by atoms with Crippen LogP contribution in [0.5, 0.6) is 5.75 Å². The molecule has 0 spiro atoms. The fourth-order valence-electron chi connectivity index (χ4n) is 3.07. The van der Waals surface area contributed by atoms with Gasteiger partial charge in [-0.15, -0.1) is 0 Å². The van der Waals surface area contributed by atoms with E-state index in [0.29, 0.717) is 6.61 Å². The molecule has 1 heterocycles. The fourth-order valence-corrected chi connectivity index (χ4v) is 3.07. The number of anilines is 1. The third-order valence-electron chi connectivity index (χ3n) is 4.27. The van der Waals surface area contributed by atoms with Crippen molar-refractivity contribution in [3.05, 3.63) is 59.9 Å². The van der Waals surface area contributed by atoms with E-state index >= 15 is 0 Å². The molecule has 2 aromatic carbocycles. The highest BCUT2D eigenvalue weighted by Gasteiger charge is 2.26. The number of carboxylic acid groups (broad SMARTS) is 1. The van der Waals surface area contributed by atoms with Crippen LogP contribution in [0.2, 0.25) is 0 Å². The zero-order valence-corrected chi connectivity index (χ0v) is 13.3. The van der Waals surface area contributed by atoms with Gasteiger partial charge in [0, 0.05) is 18.3 Å². The lowest BCUT2D eigenvalue weighted by molar-refractivity contribution is -0.137. The van der Waals surface area contributed by atoms with E-state index in [9.17, 15) is 9.18 Å². The van der Waals surface area contributed by atoms with E-state index in [2.05, 4.69) is 4.90 Å². The molecule has 1 unspecified atom stereocenters. The normalized spacial score (nSPS) is 17.0. The third kappa shape index (κ3) is 4.04. The largest absolute Gasteiger partial charge is 0.489 e. The van der Waals surface area contributed by atoms with Gasteiger partial charge in [0.25, 0.3) is 0 Å². The van der Waals surface area contributed by atoms with Crippen LogP contribution < -0.4 is 9.64 Å². The number of hydrogen-bond donors (Lipinski definition) is 1.